The van der Waals surface area contributed by atoms with Crippen molar-refractivity contribution in [3.8, 4) is 17.3 Å². The molecule has 4 aromatic rings. The van der Waals surface area contributed by atoms with Crippen molar-refractivity contribution in [2.75, 3.05) is 51.8 Å². The number of hydrogen-bond donors (Lipinski definition) is 2. The van der Waals surface area contributed by atoms with Gasteiger partial charge >= 0.3 is 0 Å². The normalized spacial score (nSPS) is 17.4. The smallest absolute Gasteiger partial charge is 0.259 e. The number of rotatable bonds is 8. The van der Waals surface area contributed by atoms with Crippen LogP contribution in [0.4, 0.5) is 11.5 Å². The molecule has 1 unspecified atom stereocenters. The Morgan fingerprint density at radius 1 is 1.13 bits per heavy atom. The Morgan fingerprint density at radius 3 is 2.79 bits per heavy atom. The van der Waals surface area contributed by atoms with E-state index in [-0.39, 0.29) is 11.5 Å². The van der Waals surface area contributed by atoms with Gasteiger partial charge in [-0.15, -0.1) is 0 Å². The third-order valence-electron chi connectivity index (χ3n) is 6.85. The Kier molecular flexibility index (Phi) is 7.07. The van der Waals surface area contributed by atoms with Gasteiger partial charge in [0.15, 0.2) is 12.8 Å². The molecule has 3 aromatic heterocycles. The van der Waals surface area contributed by atoms with E-state index in [1.165, 1.54) is 13.3 Å². The highest BCUT2D eigenvalue weighted by molar-refractivity contribution is 5.95. The summed E-state index contributed by atoms with van der Waals surface area (Å²) in [6, 6.07) is 11.7. The number of pyridine rings is 2. The van der Waals surface area contributed by atoms with E-state index in [2.05, 4.69) is 48.6 Å². The SMILES string of the molecule is COc1cncc(-c2cc3cc[nH]c(=O)c3c(Nc3ccc(C4C=N[N+](CCN5CCOCC5)=C4)cc3)n2)n1. The third-order valence-corrected chi connectivity index (χ3v) is 6.85. The minimum atomic E-state index is -0.226. The lowest BCUT2D eigenvalue weighted by molar-refractivity contribution is -0.526. The maximum Gasteiger partial charge on any atom is 0.259 e. The first-order valence-corrected chi connectivity index (χ1v) is 12.9. The molecule has 5 heterocycles. The number of aromatic amines is 1. The summed E-state index contributed by atoms with van der Waals surface area (Å²) < 4.78 is 12.7. The zero-order valence-electron chi connectivity index (χ0n) is 21.6. The molecule has 0 bridgehead atoms. The van der Waals surface area contributed by atoms with Crippen LogP contribution in [0.15, 0.2) is 64.9 Å². The molecule has 0 aliphatic carbocycles. The van der Waals surface area contributed by atoms with Gasteiger partial charge in [-0.05, 0) is 40.3 Å². The predicted molar refractivity (Wildman–Crippen MR) is 149 cm³/mol. The Bertz CT molecular complexity index is 1590. The molecule has 0 radical (unpaired) electrons. The summed E-state index contributed by atoms with van der Waals surface area (Å²) in [5.74, 6) is 0.933. The molecule has 198 valence electrons. The standard InChI is InChI=1S/C28H28N8O3/c1-38-25-17-29-16-24(33-25)23-14-20-6-7-30-28(37)26(20)27(34-23)32-22-4-2-19(3-5-22)21-15-31-36(18-21)9-8-35-10-12-39-13-11-35/h2-7,14-18,21H,8-13H2,1H3,(H-,30,32,34,37)/p+1. The maximum absolute atomic E-state index is 12.7. The Labute approximate surface area is 224 Å². The van der Waals surface area contributed by atoms with E-state index >= 15 is 0 Å². The van der Waals surface area contributed by atoms with Crippen molar-refractivity contribution in [1.29, 1.82) is 0 Å². The highest BCUT2D eigenvalue weighted by Crippen LogP contribution is 2.28. The van der Waals surface area contributed by atoms with Crippen molar-refractivity contribution in [3.05, 3.63) is 70.9 Å². The van der Waals surface area contributed by atoms with Crippen molar-refractivity contribution in [3.63, 3.8) is 0 Å². The van der Waals surface area contributed by atoms with Crippen LogP contribution in [0.25, 0.3) is 22.2 Å². The molecular formula is C28H29N8O3+. The second-order valence-corrected chi connectivity index (χ2v) is 9.38. The quantitative estimate of drug-likeness (QED) is 0.337. The number of benzene rings is 1. The highest BCUT2D eigenvalue weighted by atomic mass is 16.5. The number of aromatic nitrogens is 4. The second-order valence-electron chi connectivity index (χ2n) is 9.38. The molecule has 2 aliphatic rings. The van der Waals surface area contributed by atoms with Crippen LogP contribution in [0.3, 0.4) is 0 Å². The number of hydrazone groups is 1. The average molecular weight is 526 g/mol. The largest absolute Gasteiger partial charge is 0.480 e. The van der Waals surface area contributed by atoms with Crippen LogP contribution < -0.4 is 15.6 Å². The van der Waals surface area contributed by atoms with Crippen molar-refractivity contribution < 1.29 is 14.2 Å². The summed E-state index contributed by atoms with van der Waals surface area (Å²) in [6.45, 7) is 5.37. The first kappa shape index (κ1) is 24.8. The van der Waals surface area contributed by atoms with E-state index in [1.54, 1.807) is 12.4 Å². The van der Waals surface area contributed by atoms with Gasteiger partial charge in [-0.2, -0.15) is 0 Å². The first-order chi connectivity index (χ1) is 19.2. The third kappa shape index (κ3) is 5.54. The topological polar surface area (TPSA) is 121 Å². The fourth-order valence-corrected chi connectivity index (χ4v) is 4.72. The van der Waals surface area contributed by atoms with E-state index in [1.807, 2.05) is 35.2 Å². The van der Waals surface area contributed by atoms with Gasteiger partial charge in [0.05, 0.1) is 56.6 Å². The van der Waals surface area contributed by atoms with Crippen LogP contribution in [0.5, 0.6) is 5.88 Å². The highest BCUT2D eigenvalue weighted by Gasteiger charge is 2.22. The monoisotopic (exact) mass is 525 g/mol. The van der Waals surface area contributed by atoms with E-state index in [4.69, 9.17) is 14.5 Å². The zero-order valence-corrected chi connectivity index (χ0v) is 21.6. The van der Waals surface area contributed by atoms with Crippen molar-refractivity contribution in [1.82, 2.24) is 24.8 Å². The molecule has 11 nitrogen and oxygen atoms in total. The van der Waals surface area contributed by atoms with Crippen molar-refractivity contribution in [2.24, 2.45) is 5.10 Å². The Hall–Kier alpha value is -4.48. The number of ether oxygens (including phenoxy) is 2. The van der Waals surface area contributed by atoms with E-state index in [0.717, 1.165) is 56.0 Å². The minimum absolute atomic E-state index is 0.112. The van der Waals surface area contributed by atoms with Crippen molar-refractivity contribution >= 4 is 34.7 Å². The molecule has 11 heteroatoms. The van der Waals surface area contributed by atoms with Crippen LogP contribution in [-0.4, -0.2) is 88.5 Å². The number of H-pyrrole nitrogens is 1. The molecule has 0 saturated carbocycles. The molecule has 0 amide bonds. The Balaban J connectivity index is 1.21. The number of methoxy groups -OCH3 is 1. The summed E-state index contributed by atoms with van der Waals surface area (Å²) in [6.07, 6.45) is 8.89. The predicted octanol–water partition coefficient (Wildman–Crippen LogP) is 2.63. The van der Waals surface area contributed by atoms with E-state index in [0.29, 0.717) is 28.5 Å². The van der Waals surface area contributed by atoms with Gasteiger partial charge in [-0.3, -0.25) is 14.7 Å². The van der Waals surface area contributed by atoms with E-state index < -0.39 is 0 Å². The van der Waals surface area contributed by atoms with Gasteiger partial charge in [0.2, 0.25) is 5.88 Å². The molecule has 1 saturated heterocycles. The summed E-state index contributed by atoms with van der Waals surface area (Å²) in [7, 11) is 1.54. The molecule has 0 spiro atoms. The zero-order chi connectivity index (χ0) is 26.6. The van der Waals surface area contributed by atoms with Gasteiger partial charge in [-0.25, -0.2) is 9.97 Å². The maximum atomic E-state index is 12.7. The summed E-state index contributed by atoms with van der Waals surface area (Å²) in [4.78, 5) is 31.3. The number of morpholine rings is 1. The van der Waals surface area contributed by atoms with Crippen LogP contribution >= 0.6 is 0 Å². The van der Waals surface area contributed by atoms with Gasteiger partial charge in [-0.1, -0.05) is 16.8 Å². The molecule has 1 aromatic carbocycles. The minimum Gasteiger partial charge on any atom is -0.480 e. The molecular weight excluding hydrogens is 496 g/mol. The summed E-state index contributed by atoms with van der Waals surface area (Å²) >= 11 is 0. The Morgan fingerprint density at radius 2 is 1.97 bits per heavy atom. The molecule has 2 N–H and O–H groups in total. The van der Waals surface area contributed by atoms with Crippen LogP contribution in [0.1, 0.15) is 11.5 Å². The lowest BCUT2D eigenvalue weighted by Crippen LogP contribution is -2.39. The fraction of sp³-hybridized carbons (Fsp3) is 0.286. The number of anilines is 2. The molecule has 39 heavy (non-hydrogen) atoms. The number of nitrogens with zero attached hydrogens (tertiary/aromatic N) is 6. The second kappa shape index (κ2) is 11.1. The first-order valence-electron chi connectivity index (χ1n) is 12.9. The van der Waals surface area contributed by atoms with Crippen molar-refractivity contribution in [2.45, 2.75) is 5.92 Å². The fourth-order valence-electron chi connectivity index (χ4n) is 4.72. The summed E-state index contributed by atoms with van der Waals surface area (Å²) in [5.41, 5.74) is 2.84. The van der Waals surface area contributed by atoms with Crippen LogP contribution in [0, 0.1) is 0 Å². The molecule has 1 atom stereocenters. The van der Waals surface area contributed by atoms with Gasteiger partial charge in [0.25, 0.3) is 5.56 Å². The van der Waals surface area contributed by atoms with Crippen LogP contribution in [0.2, 0.25) is 0 Å². The number of fused-ring (bicyclic) bond motifs is 1. The number of nitrogens with one attached hydrogen (secondary N) is 2. The average Bonchev–Trinajstić information content (AvgIpc) is 3.46. The van der Waals surface area contributed by atoms with Gasteiger partial charge in [0.1, 0.15) is 17.4 Å². The van der Waals surface area contributed by atoms with Crippen LogP contribution in [-0.2, 0) is 4.74 Å². The molecule has 6 rings (SSSR count). The lowest BCUT2D eigenvalue weighted by Gasteiger charge is -2.24. The van der Waals surface area contributed by atoms with Gasteiger partial charge < -0.3 is 19.8 Å². The van der Waals surface area contributed by atoms with E-state index in [9.17, 15) is 4.79 Å². The molecule has 1 fully saturated rings. The van der Waals surface area contributed by atoms with Gasteiger partial charge in [0, 0.05) is 25.0 Å². The molecule has 2 aliphatic heterocycles. The summed E-state index contributed by atoms with van der Waals surface area (Å²) in [5, 5.41) is 9.11. The lowest BCUT2D eigenvalue weighted by atomic mass is 10.0. The number of hydrogen-bond acceptors (Lipinski definition) is 9.